The number of nitrogens with one attached hydrogen (secondary N) is 1. The minimum absolute atomic E-state index is 0.0537. The number of anilines is 1. The Morgan fingerprint density at radius 2 is 2.00 bits per heavy atom. The quantitative estimate of drug-likeness (QED) is 0.336. The first kappa shape index (κ1) is 20.2. The minimum Gasteiger partial charge on any atom is -0.461 e. The summed E-state index contributed by atoms with van der Waals surface area (Å²) >= 11 is 0. The molecule has 2 aliphatic rings. The molecule has 0 bridgehead atoms. The molecule has 4 rings (SSSR count). The Hall–Kier alpha value is -4.08. The summed E-state index contributed by atoms with van der Waals surface area (Å²) in [5, 5.41) is 15.3. The second kappa shape index (κ2) is 7.31. The number of nitro groups is 1. The summed E-state index contributed by atoms with van der Waals surface area (Å²) in [5.41, 5.74) is 1.66. The first-order valence-electron chi connectivity index (χ1n) is 9.53. The molecule has 0 aliphatic carbocycles. The van der Waals surface area contributed by atoms with Gasteiger partial charge in [0.25, 0.3) is 11.6 Å². The van der Waals surface area contributed by atoms with Gasteiger partial charge >= 0.3 is 5.97 Å². The molecule has 0 aromatic heterocycles. The summed E-state index contributed by atoms with van der Waals surface area (Å²) in [4.78, 5) is 51.3. The highest BCUT2D eigenvalue weighted by atomic mass is 16.6. The van der Waals surface area contributed by atoms with Gasteiger partial charge in [-0.1, -0.05) is 24.3 Å². The Morgan fingerprint density at radius 3 is 2.68 bits per heavy atom. The molecular formula is C21H18N4O6. The highest BCUT2D eigenvalue weighted by Crippen LogP contribution is 2.45. The summed E-state index contributed by atoms with van der Waals surface area (Å²) in [5.74, 6) is -3.52. The summed E-state index contributed by atoms with van der Waals surface area (Å²) in [6, 6.07) is 12.2. The summed E-state index contributed by atoms with van der Waals surface area (Å²) in [6.45, 7) is 3.48. The molecular weight excluding hydrogens is 404 g/mol. The van der Waals surface area contributed by atoms with Crippen LogP contribution in [0.5, 0.6) is 0 Å². The molecule has 2 atom stereocenters. The molecule has 0 radical (unpaired) electrons. The van der Waals surface area contributed by atoms with Gasteiger partial charge in [-0.05, 0) is 37.1 Å². The smallest absolute Gasteiger partial charge is 0.355 e. The predicted molar refractivity (Wildman–Crippen MR) is 109 cm³/mol. The highest BCUT2D eigenvalue weighted by molar-refractivity contribution is 6.47. The molecule has 10 nitrogen and oxygen atoms in total. The van der Waals surface area contributed by atoms with Crippen molar-refractivity contribution in [3.63, 3.8) is 0 Å². The molecule has 2 heterocycles. The van der Waals surface area contributed by atoms with Crippen molar-refractivity contribution in [2.75, 3.05) is 11.5 Å². The molecule has 0 spiro atoms. The van der Waals surface area contributed by atoms with Crippen molar-refractivity contribution < 1.29 is 24.0 Å². The number of carbonyl (C=O) groups is 3. The van der Waals surface area contributed by atoms with E-state index >= 15 is 0 Å². The highest BCUT2D eigenvalue weighted by Gasteiger charge is 2.67. The van der Waals surface area contributed by atoms with E-state index in [-0.39, 0.29) is 23.6 Å². The molecule has 1 fully saturated rings. The fourth-order valence-corrected chi connectivity index (χ4v) is 3.96. The first-order valence-corrected chi connectivity index (χ1v) is 9.53. The van der Waals surface area contributed by atoms with Gasteiger partial charge in [0.15, 0.2) is 11.3 Å². The van der Waals surface area contributed by atoms with Gasteiger partial charge in [-0.25, -0.2) is 9.69 Å². The van der Waals surface area contributed by atoms with E-state index in [1.165, 1.54) is 24.3 Å². The molecule has 2 aliphatic heterocycles. The number of aryl methyl sites for hydroxylation is 1. The number of imide groups is 1. The van der Waals surface area contributed by atoms with Gasteiger partial charge < -0.3 is 4.74 Å². The van der Waals surface area contributed by atoms with E-state index in [0.29, 0.717) is 5.69 Å². The Balaban J connectivity index is 1.90. The van der Waals surface area contributed by atoms with Crippen molar-refractivity contribution in [1.82, 2.24) is 5.43 Å². The maximum atomic E-state index is 13.7. The van der Waals surface area contributed by atoms with Crippen LogP contribution in [0.4, 0.5) is 11.4 Å². The van der Waals surface area contributed by atoms with Crippen LogP contribution in [-0.4, -0.2) is 35.0 Å². The predicted octanol–water partition coefficient (Wildman–Crippen LogP) is 1.81. The second-order valence-corrected chi connectivity index (χ2v) is 7.20. The third-order valence-electron chi connectivity index (χ3n) is 5.32. The molecule has 2 aromatic carbocycles. The number of fused-ring (bicyclic) bond motifs is 1. The molecule has 2 aromatic rings. The lowest BCUT2D eigenvalue weighted by Crippen LogP contribution is -2.48. The normalized spacial score (nSPS) is 22.1. The lowest BCUT2D eigenvalue weighted by molar-refractivity contribution is -0.385. The van der Waals surface area contributed by atoms with Crippen LogP contribution >= 0.6 is 0 Å². The van der Waals surface area contributed by atoms with E-state index in [1.54, 1.807) is 25.1 Å². The van der Waals surface area contributed by atoms with Gasteiger partial charge in [0.05, 0.1) is 17.2 Å². The van der Waals surface area contributed by atoms with Crippen molar-refractivity contribution in [1.29, 1.82) is 0 Å². The molecule has 0 unspecified atom stereocenters. The second-order valence-electron chi connectivity index (χ2n) is 7.20. The number of esters is 1. The van der Waals surface area contributed by atoms with Crippen LogP contribution in [0.1, 0.15) is 18.1 Å². The lowest BCUT2D eigenvalue weighted by Gasteiger charge is -2.26. The van der Waals surface area contributed by atoms with Crippen LogP contribution < -0.4 is 10.3 Å². The molecule has 1 saturated heterocycles. The van der Waals surface area contributed by atoms with Gasteiger partial charge in [0.2, 0.25) is 5.91 Å². The molecule has 1 N–H and O–H groups in total. The molecule has 0 saturated carbocycles. The number of nitro benzene ring substituents is 1. The van der Waals surface area contributed by atoms with Crippen LogP contribution in [0, 0.1) is 23.0 Å². The van der Waals surface area contributed by atoms with E-state index in [4.69, 9.17) is 4.74 Å². The monoisotopic (exact) mass is 422 g/mol. The first-order chi connectivity index (χ1) is 14.8. The van der Waals surface area contributed by atoms with Crippen LogP contribution in [-0.2, 0) is 24.7 Å². The topological polar surface area (TPSA) is 131 Å². The fourth-order valence-electron chi connectivity index (χ4n) is 3.96. The van der Waals surface area contributed by atoms with E-state index < -0.39 is 34.2 Å². The number of amides is 2. The van der Waals surface area contributed by atoms with Crippen molar-refractivity contribution in [3.8, 4) is 0 Å². The number of carbonyl (C=O) groups excluding carboxylic acids is 3. The minimum atomic E-state index is -1.80. The zero-order valence-corrected chi connectivity index (χ0v) is 16.7. The molecule has 31 heavy (non-hydrogen) atoms. The largest absolute Gasteiger partial charge is 0.461 e. The van der Waals surface area contributed by atoms with Gasteiger partial charge in [-0.2, -0.15) is 5.10 Å². The van der Waals surface area contributed by atoms with E-state index in [1.807, 2.05) is 13.0 Å². The molecule has 158 valence electrons. The van der Waals surface area contributed by atoms with Gasteiger partial charge in [0, 0.05) is 12.1 Å². The standard InChI is InChI=1S/C21H18N4O6/c1-3-31-19(27)17-16-18(26)24(14-8-4-6-12(2)10-14)20(28)21(16,23-22-17)13-7-5-9-15(11-13)25(29)30/h4-11,16,23H,3H2,1-2H3/t16-,21-/m0/s1. The Labute approximate surface area is 176 Å². The number of hydrogen-bond acceptors (Lipinski definition) is 8. The van der Waals surface area contributed by atoms with Crippen molar-refractivity contribution >= 4 is 34.9 Å². The average molecular weight is 422 g/mol. The number of nitrogens with zero attached hydrogens (tertiary/aromatic N) is 3. The average Bonchev–Trinajstić information content (AvgIpc) is 3.24. The van der Waals surface area contributed by atoms with Crippen molar-refractivity contribution in [2.45, 2.75) is 19.4 Å². The number of rotatable bonds is 5. The number of hydrogen-bond donors (Lipinski definition) is 1. The van der Waals surface area contributed by atoms with Crippen molar-refractivity contribution in [2.24, 2.45) is 11.0 Å². The summed E-state index contributed by atoms with van der Waals surface area (Å²) < 4.78 is 5.02. The lowest BCUT2D eigenvalue weighted by atomic mass is 9.78. The zero-order chi connectivity index (χ0) is 22.3. The van der Waals surface area contributed by atoms with E-state index in [2.05, 4.69) is 10.5 Å². The third-order valence-corrected chi connectivity index (χ3v) is 5.32. The van der Waals surface area contributed by atoms with Crippen LogP contribution in [0.25, 0.3) is 0 Å². The Kier molecular flexibility index (Phi) is 4.77. The summed E-state index contributed by atoms with van der Waals surface area (Å²) in [7, 11) is 0. The molecule has 10 heteroatoms. The number of hydrazone groups is 1. The fraction of sp³-hybridized carbons (Fsp3) is 0.238. The SMILES string of the molecule is CCOC(=O)C1=NN[C@]2(c3cccc([N+](=O)[O-])c3)C(=O)N(c3cccc(C)c3)C(=O)[C@H]12. The maximum Gasteiger partial charge on any atom is 0.355 e. The zero-order valence-electron chi connectivity index (χ0n) is 16.7. The van der Waals surface area contributed by atoms with Crippen molar-refractivity contribution in [3.05, 3.63) is 69.8 Å². The van der Waals surface area contributed by atoms with Crippen LogP contribution in [0.3, 0.4) is 0 Å². The summed E-state index contributed by atoms with van der Waals surface area (Å²) in [6.07, 6.45) is 0. The van der Waals surface area contributed by atoms with Crippen LogP contribution in [0.15, 0.2) is 53.6 Å². The number of ether oxygens (including phenoxy) is 1. The third kappa shape index (κ3) is 2.95. The number of non-ortho nitro benzene ring substituents is 1. The van der Waals surface area contributed by atoms with Gasteiger partial charge in [0.1, 0.15) is 5.92 Å². The van der Waals surface area contributed by atoms with Gasteiger partial charge in [-0.15, -0.1) is 0 Å². The van der Waals surface area contributed by atoms with Gasteiger partial charge in [-0.3, -0.25) is 25.1 Å². The molecule has 2 amide bonds. The number of benzene rings is 2. The van der Waals surface area contributed by atoms with E-state index in [9.17, 15) is 24.5 Å². The Bertz CT molecular complexity index is 1160. The Morgan fingerprint density at radius 1 is 1.26 bits per heavy atom. The van der Waals surface area contributed by atoms with E-state index in [0.717, 1.165) is 10.5 Å². The maximum absolute atomic E-state index is 13.7. The van der Waals surface area contributed by atoms with Crippen LogP contribution in [0.2, 0.25) is 0 Å².